The minimum atomic E-state index is -0.655. The van der Waals surface area contributed by atoms with Crippen molar-refractivity contribution in [3.05, 3.63) is 41.2 Å². The van der Waals surface area contributed by atoms with Crippen LogP contribution in [0.25, 0.3) is 10.6 Å². The van der Waals surface area contributed by atoms with Gasteiger partial charge in [-0.15, -0.1) is 11.3 Å². The highest BCUT2D eigenvalue weighted by Crippen LogP contribution is 2.24. The molecule has 0 spiro atoms. The summed E-state index contributed by atoms with van der Waals surface area (Å²) in [6.07, 6.45) is 1.83. The van der Waals surface area contributed by atoms with E-state index in [0.717, 1.165) is 12.8 Å². The van der Waals surface area contributed by atoms with Crippen LogP contribution in [-0.2, 0) is 9.53 Å². The highest BCUT2D eigenvalue weighted by atomic mass is 32.1. The Kier molecular flexibility index (Phi) is 6.43. The molecule has 0 bridgehead atoms. The average Bonchev–Trinajstić information content (AvgIpc) is 3.03. The number of nitrogens with one attached hydrogen (secondary N) is 1. The molecule has 1 heterocycles. The number of esters is 1. The predicted octanol–water partition coefficient (Wildman–Crippen LogP) is 3.41. The zero-order chi connectivity index (χ0) is 17.5. The van der Waals surface area contributed by atoms with Crippen molar-refractivity contribution in [1.29, 1.82) is 0 Å². The van der Waals surface area contributed by atoms with E-state index < -0.39 is 5.97 Å². The van der Waals surface area contributed by atoms with Gasteiger partial charge >= 0.3 is 5.97 Å². The molecule has 0 aliphatic rings. The van der Waals surface area contributed by atoms with Gasteiger partial charge in [0.25, 0.3) is 5.91 Å². The first kappa shape index (κ1) is 18.1. The van der Waals surface area contributed by atoms with Crippen LogP contribution in [0.3, 0.4) is 0 Å². The molecule has 1 aromatic heterocycles. The summed E-state index contributed by atoms with van der Waals surface area (Å²) in [5, 5.41) is 4.89. The maximum atomic E-state index is 12.9. The molecule has 0 aliphatic heterocycles. The summed E-state index contributed by atoms with van der Waals surface area (Å²) in [6.45, 7) is 3.60. The van der Waals surface area contributed by atoms with Crippen LogP contribution in [0.1, 0.15) is 37.2 Å². The lowest BCUT2D eigenvalue weighted by Gasteiger charge is -2.12. The fourth-order valence-electron chi connectivity index (χ4n) is 2.12. The first-order valence-corrected chi connectivity index (χ1v) is 8.55. The van der Waals surface area contributed by atoms with Gasteiger partial charge in [-0.1, -0.05) is 13.3 Å². The third-order valence-electron chi connectivity index (χ3n) is 3.27. The van der Waals surface area contributed by atoms with Crippen molar-refractivity contribution >= 4 is 23.2 Å². The molecule has 2 aromatic rings. The number of benzene rings is 1. The third kappa shape index (κ3) is 5.13. The summed E-state index contributed by atoms with van der Waals surface area (Å²) >= 11 is 1.25. The van der Waals surface area contributed by atoms with Gasteiger partial charge in [0, 0.05) is 17.0 Å². The summed E-state index contributed by atoms with van der Waals surface area (Å²) < 4.78 is 17.9. The van der Waals surface area contributed by atoms with E-state index in [2.05, 4.69) is 10.3 Å². The Hall–Kier alpha value is -2.28. The van der Waals surface area contributed by atoms with Crippen LogP contribution < -0.4 is 5.32 Å². The van der Waals surface area contributed by atoms with Crippen molar-refractivity contribution in [3.63, 3.8) is 0 Å². The number of carbonyl (C=O) groups excluding carboxylic acids is 2. The van der Waals surface area contributed by atoms with Crippen LogP contribution in [0.2, 0.25) is 0 Å². The summed E-state index contributed by atoms with van der Waals surface area (Å²) in [5.41, 5.74) is 0.848. The second-order valence-corrected chi connectivity index (χ2v) is 6.24. The van der Waals surface area contributed by atoms with Crippen molar-refractivity contribution in [1.82, 2.24) is 10.3 Å². The fourth-order valence-corrected chi connectivity index (χ4v) is 2.91. The van der Waals surface area contributed by atoms with Crippen molar-refractivity contribution in [2.24, 2.45) is 0 Å². The normalized spacial score (nSPS) is 11.8. The van der Waals surface area contributed by atoms with E-state index >= 15 is 0 Å². The smallest absolute Gasteiger partial charge is 0.358 e. The Labute approximate surface area is 143 Å². The lowest BCUT2D eigenvalue weighted by Crippen LogP contribution is -2.35. The molecule has 5 nitrogen and oxygen atoms in total. The molecule has 7 heteroatoms. The lowest BCUT2D eigenvalue weighted by atomic mass is 10.2. The average molecular weight is 350 g/mol. The largest absolute Gasteiger partial charge is 0.451 e. The van der Waals surface area contributed by atoms with Crippen molar-refractivity contribution in [3.8, 4) is 10.6 Å². The Bertz CT molecular complexity index is 700. The van der Waals surface area contributed by atoms with E-state index in [4.69, 9.17) is 4.74 Å². The van der Waals surface area contributed by atoms with Gasteiger partial charge in [0.1, 0.15) is 10.8 Å². The molecule has 1 aromatic carbocycles. The molecule has 0 unspecified atom stereocenters. The van der Waals surface area contributed by atoms with Crippen molar-refractivity contribution < 1.29 is 18.7 Å². The Morgan fingerprint density at radius 2 is 2.04 bits per heavy atom. The van der Waals surface area contributed by atoms with Crippen LogP contribution >= 0.6 is 11.3 Å². The standard InChI is InChI=1S/C17H19FN2O3S/c1-3-4-11(2)19-15(21)9-23-17(22)14-10-24-16(20-14)12-5-7-13(18)8-6-12/h5-8,10-11H,3-4,9H2,1-2H3,(H,19,21)/t11-/m0/s1. The number of nitrogens with zero attached hydrogens (tertiary/aromatic N) is 1. The number of aromatic nitrogens is 1. The number of thiazole rings is 1. The van der Waals surface area contributed by atoms with Gasteiger partial charge in [-0.25, -0.2) is 14.2 Å². The fraction of sp³-hybridized carbons (Fsp3) is 0.353. The second-order valence-electron chi connectivity index (χ2n) is 5.38. The lowest BCUT2D eigenvalue weighted by molar-refractivity contribution is -0.124. The number of amides is 1. The Morgan fingerprint density at radius 1 is 1.33 bits per heavy atom. The second kappa shape index (κ2) is 8.54. The molecule has 1 atom stereocenters. The first-order chi connectivity index (χ1) is 11.5. The van der Waals surface area contributed by atoms with Gasteiger partial charge in [-0.2, -0.15) is 0 Å². The van der Waals surface area contributed by atoms with Gasteiger partial charge in [0.2, 0.25) is 0 Å². The highest BCUT2D eigenvalue weighted by Gasteiger charge is 2.15. The first-order valence-electron chi connectivity index (χ1n) is 7.67. The van der Waals surface area contributed by atoms with E-state index in [1.54, 1.807) is 17.5 Å². The quantitative estimate of drug-likeness (QED) is 0.777. The van der Waals surface area contributed by atoms with Gasteiger partial charge in [0.05, 0.1) is 0 Å². The molecule has 0 saturated carbocycles. The zero-order valence-electron chi connectivity index (χ0n) is 13.5. The Morgan fingerprint density at radius 3 is 2.71 bits per heavy atom. The summed E-state index contributed by atoms with van der Waals surface area (Å²) in [7, 11) is 0. The maximum absolute atomic E-state index is 12.9. The monoisotopic (exact) mass is 350 g/mol. The van der Waals surface area contributed by atoms with Crippen molar-refractivity contribution in [2.45, 2.75) is 32.7 Å². The molecule has 1 amide bonds. The molecular formula is C17H19FN2O3S. The molecular weight excluding hydrogens is 331 g/mol. The van der Waals surface area contributed by atoms with E-state index in [-0.39, 0.29) is 30.1 Å². The minimum Gasteiger partial charge on any atom is -0.451 e. The topological polar surface area (TPSA) is 68.3 Å². The van der Waals surface area contributed by atoms with Crippen molar-refractivity contribution in [2.75, 3.05) is 6.61 Å². The Balaban J connectivity index is 1.89. The summed E-state index contributed by atoms with van der Waals surface area (Å²) in [4.78, 5) is 27.8. The van der Waals surface area contributed by atoms with E-state index in [1.165, 1.54) is 23.5 Å². The molecule has 1 N–H and O–H groups in total. The summed E-state index contributed by atoms with van der Waals surface area (Å²) in [5.74, 6) is -1.32. The molecule has 0 aliphatic carbocycles. The van der Waals surface area contributed by atoms with Gasteiger partial charge in [-0.05, 0) is 37.6 Å². The highest BCUT2D eigenvalue weighted by molar-refractivity contribution is 7.13. The molecule has 0 fully saturated rings. The minimum absolute atomic E-state index is 0.0468. The molecule has 24 heavy (non-hydrogen) atoms. The zero-order valence-corrected chi connectivity index (χ0v) is 14.4. The number of ether oxygens (including phenoxy) is 1. The molecule has 0 saturated heterocycles. The number of halogens is 1. The van der Waals surface area contributed by atoms with Crippen LogP contribution in [-0.4, -0.2) is 29.5 Å². The molecule has 2 rings (SSSR count). The van der Waals surface area contributed by atoms with Crippen LogP contribution in [0.15, 0.2) is 29.6 Å². The predicted molar refractivity (Wildman–Crippen MR) is 90.3 cm³/mol. The van der Waals surface area contributed by atoms with E-state index in [0.29, 0.717) is 10.6 Å². The number of hydrogen-bond donors (Lipinski definition) is 1. The van der Waals surface area contributed by atoms with E-state index in [9.17, 15) is 14.0 Å². The maximum Gasteiger partial charge on any atom is 0.358 e. The van der Waals surface area contributed by atoms with Crippen LogP contribution in [0.5, 0.6) is 0 Å². The number of rotatable bonds is 7. The molecule has 0 radical (unpaired) electrons. The summed E-state index contributed by atoms with van der Waals surface area (Å²) in [6, 6.07) is 5.88. The van der Waals surface area contributed by atoms with Gasteiger partial charge < -0.3 is 10.1 Å². The van der Waals surface area contributed by atoms with Gasteiger partial charge in [0.15, 0.2) is 12.3 Å². The molecule has 128 valence electrons. The third-order valence-corrected chi connectivity index (χ3v) is 4.16. The SMILES string of the molecule is CCC[C@H](C)NC(=O)COC(=O)c1csc(-c2ccc(F)cc2)n1. The van der Waals surface area contributed by atoms with Crippen LogP contribution in [0.4, 0.5) is 4.39 Å². The van der Waals surface area contributed by atoms with Gasteiger partial charge in [-0.3, -0.25) is 4.79 Å². The van der Waals surface area contributed by atoms with Crippen LogP contribution in [0, 0.1) is 5.82 Å². The van der Waals surface area contributed by atoms with E-state index in [1.807, 2.05) is 13.8 Å². The number of carbonyl (C=O) groups is 2. The number of hydrogen-bond acceptors (Lipinski definition) is 5.